The van der Waals surface area contributed by atoms with Crippen molar-refractivity contribution in [2.24, 2.45) is 17.3 Å². The van der Waals surface area contributed by atoms with Crippen molar-refractivity contribution in [3.63, 3.8) is 0 Å². The zero-order chi connectivity index (χ0) is 20.8. The van der Waals surface area contributed by atoms with Crippen LogP contribution in [0.3, 0.4) is 0 Å². The summed E-state index contributed by atoms with van der Waals surface area (Å²) in [5, 5.41) is 3.00. The lowest BCUT2D eigenvalue weighted by Gasteiger charge is -2.59. The summed E-state index contributed by atoms with van der Waals surface area (Å²) in [5.74, 6) is 1.27. The van der Waals surface area contributed by atoms with Gasteiger partial charge in [-0.3, -0.25) is 14.6 Å². The molecule has 0 aromatic carbocycles. The Hall–Kier alpha value is -1.66. The molecule has 0 spiro atoms. The van der Waals surface area contributed by atoms with Gasteiger partial charge in [0.15, 0.2) is 0 Å². The maximum Gasteiger partial charge on any atom is 0.242 e. The van der Waals surface area contributed by atoms with Gasteiger partial charge in [0.1, 0.15) is 6.54 Å². The van der Waals surface area contributed by atoms with Gasteiger partial charge in [-0.2, -0.15) is 0 Å². The third kappa shape index (κ3) is 3.96. The molecule has 4 aliphatic carbocycles. The number of hydrogen-bond donors (Lipinski definition) is 2. The fourth-order valence-electron chi connectivity index (χ4n) is 6.91. The monoisotopic (exact) mass is 431 g/mol. The van der Waals surface area contributed by atoms with Gasteiger partial charge in [-0.05, 0) is 62.5 Å². The first-order chi connectivity index (χ1) is 14.4. The van der Waals surface area contributed by atoms with Gasteiger partial charge in [-0.1, -0.05) is 0 Å². The molecule has 4 saturated carbocycles. The fourth-order valence-corrected chi connectivity index (χ4v) is 7.60. The van der Waals surface area contributed by atoms with Crippen molar-refractivity contribution in [2.45, 2.75) is 49.9 Å². The minimum atomic E-state index is -0.334. The Labute approximate surface area is 183 Å². The quantitative estimate of drug-likeness (QED) is 0.683. The molecule has 2 unspecified atom stereocenters. The van der Waals surface area contributed by atoms with Gasteiger partial charge >= 0.3 is 0 Å². The third-order valence-electron chi connectivity index (χ3n) is 7.90. The Morgan fingerprint density at radius 3 is 2.43 bits per heavy atom. The highest BCUT2D eigenvalue weighted by Crippen LogP contribution is 2.63. The van der Waals surface area contributed by atoms with E-state index in [9.17, 15) is 9.59 Å². The Morgan fingerprint density at radius 2 is 1.80 bits per heavy atom. The normalized spacial score (nSPS) is 35.4. The van der Waals surface area contributed by atoms with Gasteiger partial charge in [-0.15, -0.1) is 11.6 Å². The molecule has 7 heteroatoms. The number of quaternary nitrogens is 1. The van der Waals surface area contributed by atoms with Crippen LogP contribution in [0.15, 0.2) is 24.5 Å². The molecule has 2 heterocycles. The molecule has 0 radical (unpaired) electrons. The Balaban J connectivity index is 1.11. The number of halogens is 1. The lowest BCUT2D eigenvalue weighted by molar-refractivity contribution is -0.917. The number of hydrogen-bond acceptors (Lipinski definition) is 3. The molecule has 1 aliphatic heterocycles. The second kappa shape index (κ2) is 7.79. The maximum absolute atomic E-state index is 13.1. The van der Waals surface area contributed by atoms with Gasteiger partial charge in [-0.25, -0.2) is 0 Å². The highest BCUT2D eigenvalue weighted by molar-refractivity contribution is 6.24. The molecular weight excluding hydrogens is 400 g/mol. The van der Waals surface area contributed by atoms with Crippen molar-refractivity contribution in [1.29, 1.82) is 0 Å². The molecule has 5 fully saturated rings. The molecule has 5 aliphatic rings. The highest BCUT2D eigenvalue weighted by Gasteiger charge is 2.60. The SMILES string of the molecule is O=C(CNC(=O)C12C[C@@H]3C[C@@H](CC(Cl)(C3)C1)C2)N1CC[NH+](Cc2ccncc2)CC1. The lowest BCUT2D eigenvalue weighted by Crippen LogP contribution is -3.13. The van der Waals surface area contributed by atoms with Crippen LogP contribution in [0.1, 0.15) is 44.1 Å². The van der Waals surface area contributed by atoms with Crippen molar-refractivity contribution in [2.75, 3.05) is 32.7 Å². The van der Waals surface area contributed by atoms with Crippen LogP contribution in [0.2, 0.25) is 0 Å². The predicted octanol–water partition coefficient (Wildman–Crippen LogP) is 1.00. The summed E-state index contributed by atoms with van der Waals surface area (Å²) in [7, 11) is 0. The van der Waals surface area contributed by atoms with Crippen LogP contribution in [0, 0.1) is 17.3 Å². The van der Waals surface area contributed by atoms with Gasteiger partial charge in [0, 0.05) is 22.8 Å². The lowest BCUT2D eigenvalue weighted by atomic mass is 9.49. The van der Waals surface area contributed by atoms with Crippen LogP contribution in [0.25, 0.3) is 0 Å². The zero-order valence-electron chi connectivity index (χ0n) is 17.5. The van der Waals surface area contributed by atoms with Crippen molar-refractivity contribution in [3.8, 4) is 0 Å². The Morgan fingerprint density at radius 1 is 1.13 bits per heavy atom. The number of aromatic nitrogens is 1. The number of piperazine rings is 1. The molecule has 6 rings (SSSR count). The summed E-state index contributed by atoms with van der Waals surface area (Å²) in [5.41, 5.74) is 0.944. The van der Waals surface area contributed by atoms with E-state index in [4.69, 9.17) is 11.6 Å². The zero-order valence-corrected chi connectivity index (χ0v) is 18.3. The number of carbonyl (C=O) groups is 2. The number of rotatable bonds is 5. The van der Waals surface area contributed by atoms with Crippen LogP contribution >= 0.6 is 11.6 Å². The molecule has 2 N–H and O–H groups in total. The van der Waals surface area contributed by atoms with E-state index in [-0.39, 0.29) is 28.6 Å². The minimum absolute atomic E-state index is 0.0385. The summed E-state index contributed by atoms with van der Waals surface area (Å²) in [6, 6.07) is 4.10. The summed E-state index contributed by atoms with van der Waals surface area (Å²) in [4.78, 5) is 33.1. The van der Waals surface area contributed by atoms with E-state index in [0.29, 0.717) is 11.8 Å². The Kier molecular flexibility index (Phi) is 5.26. The molecule has 4 atom stereocenters. The van der Waals surface area contributed by atoms with Crippen LogP contribution in [-0.2, 0) is 16.1 Å². The summed E-state index contributed by atoms with van der Waals surface area (Å²) in [6.07, 6.45) is 9.70. The molecule has 6 nitrogen and oxygen atoms in total. The van der Waals surface area contributed by atoms with Gasteiger partial charge in [0.05, 0.1) is 38.1 Å². The second-order valence-corrected chi connectivity index (χ2v) is 11.0. The van der Waals surface area contributed by atoms with E-state index in [0.717, 1.165) is 64.8 Å². The predicted molar refractivity (Wildman–Crippen MR) is 114 cm³/mol. The second-order valence-electron chi connectivity index (χ2n) is 10.2. The van der Waals surface area contributed by atoms with Gasteiger partial charge < -0.3 is 15.1 Å². The van der Waals surface area contributed by atoms with E-state index in [1.54, 1.807) is 0 Å². The first-order valence-electron chi connectivity index (χ1n) is 11.4. The topological polar surface area (TPSA) is 66.7 Å². The molecule has 2 amide bonds. The van der Waals surface area contributed by atoms with Crippen molar-refractivity contribution in [3.05, 3.63) is 30.1 Å². The highest BCUT2D eigenvalue weighted by atomic mass is 35.5. The van der Waals surface area contributed by atoms with E-state index in [1.807, 2.05) is 17.3 Å². The average Bonchev–Trinajstić information content (AvgIpc) is 2.71. The largest absolute Gasteiger partial charge is 0.347 e. The maximum atomic E-state index is 13.1. The molecule has 30 heavy (non-hydrogen) atoms. The van der Waals surface area contributed by atoms with E-state index >= 15 is 0 Å². The van der Waals surface area contributed by atoms with Crippen molar-refractivity contribution in [1.82, 2.24) is 15.2 Å². The van der Waals surface area contributed by atoms with Crippen LogP contribution < -0.4 is 10.2 Å². The number of nitrogens with one attached hydrogen (secondary N) is 2. The van der Waals surface area contributed by atoms with Crippen LogP contribution in [0.5, 0.6) is 0 Å². The number of pyridine rings is 1. The molecule has 1 aromatic heterocycles. The van der Waals surface area contributed by atoms with E-state index < -0.39 is 0 Å². The standard InChI is InChI=1S/C23H31ClN4O2/c24-23-12-18-9-19(13-23)11-22(10-18,16-23)21(30)26-14-20(29)28-7-5-27(6-8-28)15-17-1-3-25-4-2-17/h1-4,18-19H,5-16H2,(H,26,30)/p+1/t18-,19+,22?,23?. The Bertz CT molecular complexity index is 795. The number of carbonyl (C=O) groups excluding carboxylic acids is 2. The third-order valence-corrected chi connectivity index (χ3v) is 8.34. The van der Waals surface area contributed by atoms with Crippen molar-refractivity contribution >= 4 is 23.4 Å². The number of alkyl halides is 1. The molecule has 162 valence electrons. The van der Waals surface area contributed by atoms with Crippen LogP contribution in [0.4, 0.5) is 0 Å². The first-order valence-corrected chi connectivity index (χ1v) is 11.8. The van der Waals surface area contributed by atoms with Gasteiger partial charge in [0.25, 0.3) is 0 Å². The average molecular weight is 432 g/mol. The summed E-state index contributed by atoms with van der Waals surface area (Å²) in [6.45, 7) is 4.44. The smallest absolute Gasteiger partial charge is 0.242 e. The summed E-state index contributed by atoms with van der Waals surface area (Å²) < 4.78 is 0. The molecular formula is C23H32ClN4O2+. The summed E-state index contributed by atoms with van der Waals surface area (Å²) >= 11 is 6.86. The minimum Gasteiger partial charge on any atom is -0.347 e. The fraction of sp³-hybridized carbons (Fsp3) is 0.696. The van der Waals surface area contributed by atoms with E-state index in [1.165, 1.54) is 16.9 Å². The molecule has 1 saturated heterocycles. The van der Waals surface area contributed by atoms with Gasteiger partial charge in [0.2, 0.25) is 11.8 Å². The van der Waals surface area contributed by atoms with Crippen molar-refractivity contribution < 1.29 is 14.5 Å². The van der Waals surface area contributed by atoms with Crippen LogP contribution in [-0.4, -0.2) is 59.3 Å². The van der Waals surface area contributed by atoms with E-state index in [2.05, 4.69) is 22.4 Å². The molecule has 1 aromatic rings. The first kappa shape index (κ1) is 20.3. The number of nitrogens with zero attached hydrogens (tertiary/aromatic N) is 2. The number of amides is 2. The molecule has 4 bridgehead atoms.